The molecule has 0 radical (unpaired) electrons. The van der Waals surface area contributed by atoms with Crippen molar-refractivity contribution in [1.29, 1.82) is 0 Å². The van der Waals surface area contributed by atoms with E-state index in [9.17, 15) is 0 Å². The molecule has 2 rings (SSSR count). The van der Waals surface area contributed by atoms with Gasteiger partial charge in [-0.1, -0.05) is 13.8 Å². The molecule has 1 unspecified atom stereocenters. The van der Waals surface area contributed by atoms with E-state index in [0.717, 1.165) is 30.7 Å². The van der Waals surface area contributed by atoms with Gasteiger partial charge in [0.15, 0.2) is 0 Å². The molecule has 0 spiro atoms. The van der Waals surface area contributed by atoms with E-state index in [1.165, 1.54) is 25.2 Å². The quantitative estimate of drug-likeness (QED) is 0.849. The number of thiazole rings is 1. The number of likely N-dealkylation sites (tertiary alicyclic amines) is 1. The molecule has 0 aromatic carbocycles. The van der Waals surface area contributed by atoms with Gasteiger partial charge in [-0.15, -0.1) is 11.3 Å². The first kappa shape index (κ1) is 13.9. The zero-order valence-corrected chi connectivity index (χ0v) is 12.2. The van der Waals surface area contributed by atoms with Crippen molar-refractivity contribution in [2.24, 2.45) is 5.73 Å². The first-order valence-electron chi connectivity index (χ1n) is 6.86. The van der Waals surface area contributed by atoms with Crippen molar-refractivity contribution < 1.29 is 0 Å². The molecule has 5 heteroatoms. The van der Waals surface area contributed by atoms with Crippen molar-refractivity contribution >= 4 is 11.3 Å². The molecule has 0 saturated carbocycles. The van der Waals surface area contributed by atoms with Gasteiger partial charge >= 0.3 is 0 Å². The summed E-state index contributed by atoms with van der Waals surface area (Å²) in [6, 6.07) is 0.729. The summed E-state index contributed by atoms with van der Waals surface area (Å²) in [6.07, 6.45) is 1.29. The lowest BCUT2D eigenvalue weighted by Crippen LogP contribution is -2.37. The predicted molar refractivity (Wildman–Crippen MR) is 76.6 cm³/mol. The number of rotatable bonds is 6. The normalized spacial score (nSPS) is 21.0. The van der Waals surface area contributed by atoms with Crippen molar-refractivity contribution in [3.05, 3.63) is 16.1 Å². The molecular formula is C13H24N4S. The van der Waals surface area contributed by atoms with E-state index in [0.29, 0.717) is 6.54 Å². The van der Waals surface area contributed by atoms with Crippen LogP contribution in [0.5, 0.6) is 0 Å². The van der Waals surface area contributed by atoms with E-state index in [2.05, 4.69) is 34.0 Å². The van der Waals surface area contributed by atoms with Gasteiger partial charge in [-0.05, 0) is 19.5 Å². The van der Waals surface area contributed by atoms with E-state index in [1.807, 2.05) is 0 Å². The fraction of sp³-hybridized carbons (Fsp3) is 0.769. The Balaban J connectivity index is 1.85. The maximum Gasteiger partial charge on any atom is 0.106 e. The minimum absolute atomic E-state index is 0.562. The molecule has 1 saturated heterocycles. The number of likely N-dealkylation sites (N-methyl/N-ethyl adjacent to an activating group) is 1. The summed E-state index contributed by atoms with van der Waals surface area (Å²) in [4.78, 5) is 9.61. The summed E-state index contributed by atoms with van der Waals surface area (Å²) in [5.74, 6) is 0. The second kappa shape index (κ2) is 6.61. The number of hydrogen-bond donors (Lipinski definition) is 1. The Morgan fingerprint density at radius 1 is 1.50 bits per heavy atom. The third-order valence-electron chi connectivity index (χ3n) is 3.74. The smallest absolute Gasteiger partial charge is 0.106 e. The van der Waals surface area contributed by atoms with Crippen LogP contribution in [0.4, 0.5) is 0 Å². The number of nitrogens with two attached hydrogens (primary N) is 1. The maximum absolute atomic E-state index is 5.60. The molecule has 4 nitrogen and oxygen atoms in total. The zero-order valence-electron chi connectivity index (χ0n) is 11.4. The van der Waals surface area contributed by atoms with E-state index < -0.39 is 0 Å². The highest BCUT2D eigenvalue weighted by atomic mass is 32.1. The molecule has 2 heterocycles. The average molecular weight is 268 g/mol. The topological polar surface area (TPSA) is 45.4 Å². The zero-order chi connectivity index (χ0) is 13.0. The molecule has 0 aliphatic carbocycles. The van der Waals surface area contributed by atoms with Gasteiger partial charge < -0.3 is 5.73 Å². The van der Waals surface area contributed by atoms with E-state index in [-0.39, 0.29) is 0 Å². The van der Waals surface area contributed by atoms with Crippen LogP contribution in [-0.4, -0.2) is 47.0 Å². The largest absolute Gasteiger partial charge is 0.325 e. The van der Waals surface area contributed by atoms with Crippen LogP contribution in [0.1, 0.15) is 31.0 Å². The Morgan fingerprint density at radius 3 is 2.89 bits per heavy atom. The van der Waals surface area contributed by atoms with Gasteiger partial charge in [0, 0.05) is 37.6 Å². The van der Waals surface area contributed by atoms with Gasteiger partial charge in [0.1, 0.15) is 5.01 Å². The van der Waals surface area contributed by atoms with Crippen LogP contribution in [0.3, 0.4) is 0 Å². The molecule has 1 atom stereocenters. The summed E-state index contributed by atoms with van der Waals surface area (Å²) >= 11 is 1.68. The van der Waals surface area contributed by atoms with Gasteiger partial charge in [-0.25, -0.2) is 4.98 Å². The highest BCUT2D eigenvalue weighted by Crippen LogP contribution is 2.18. The standard InChI is InChI=1S/C13H24N4S/c1-3-17(4-2)12-5-6-16(9-12)8-11-10-18-13(7-14)15-11/h10,12H,3-9,14H2,1-2H3. The van der Waals surface area contributed by atoms with Crippen LogP contribution in [-0.2, 0) is 13.1 Å². The fourth-order valence-electron chi connectivity index (χ4n) is 2.74. The first-order valence-corrected chi connectivity index (χ1v) is 7.74. The minimum atomic E-state index is 0.562. The molecule has 18 heavy (non-hydrogen) atoms. The average Bonchev–Trinajstić information content (AvgIpc) is 3.01. The Morgan fingerprint density at radius 2 is 2.28 bits per heavy atom. The van der Waals surface area contributed by atoms with Gasteiger partial charge in [0.2, 0.25) is 0 Å². The summed E-state index contributed by atoms with van der Waals surface area (Å²) in [5, 5.41) is 3.19. The van der Waals surface area contributed by atoms with Gasteiger partial charge in [0.05, 0.1) is 5.69 Å². The van der Waals surface area contributed by atoms with E-state index in [4.69, 9.17) is 5.73 Å². The molecule has 1 aliphatic rings. The van der Waals surface area contributed by atoms with Crippen molar-refractivity contribution in [2.75, 3.05) is 26.2 Å². The van der Waals surface area contributed by atoms with Gasteiger partial charge in [-0.2, -0.15) is 0 Å². The van der Waals surface area contributed by atoms with Crippen molar-refractivity contribution in [3.8, 4) is 0 Å². The molecule has 102 valence electrons. The number of hydrogen-bond acceptors (Lipinski definition) is 5. The van der Waals surface area contributed by atoms with E-state index in [1.54, 1.807) is 11.3 Å². The molecule has 0 bridgehead atoms. The highest BCUT2D eigenvalue weighted by molar-refractivity contribution is 7.09. The Kier molecular flexibility index (Phi) is 5.12. The van der Waals surface area contributed by atoms with Crippen LogP contribution in [0.15, 0.2) is 5.38 Å². The fourth-order valence-corrected chi connectivity index (χ4v) is 3.40. The van der Waals surface area contributed by atoms with Crippen LogP contribution in [0.25, 0.3) is 0 Å². The molecule has 2 N–H and O–H groups in total. The molecule has 1 aromatic heterocycles. The summed E-state index contributed by atoms with van der Waals surface area (Å²) in [6.45, 7) is 10.7. The third kappa shape index (κ3) is 3.29. The minimum Gasteiger partial charge on any atom is -0.325 e. The van der Waals surface area contributed by atoms with Crippen molar-refractivity contribution in [1.82, 2.24) is 14.8 Å². The van der Waals surface area contributed by atoms with Gasteiger partial charge in [0.25, 0.3) is 0 Å². The third-order valence-corrected chi connectivity index (χ3v) is 4.66. The predicted octanol–water partition coefficient (Wildman–Crippen LogP) is 1.52. The monoisotopic (exact) mass is 268 g/mol. The Bertz CT molecular complexity index is 362. The highest BCUT2D eigenvalue weighted by Gasteiger charge is 2.26. The molecule has 1 aliphatic heterocycles. The summed E-state index contributed by atoms with van der Waals surface area (Å²) < 4.78 is 0. The molecule has 0 amide bonds. The molecule has 1 fully saturated rings. The SMILES string of the molecule is CCN(CC)C1CCN(Cc2csc(CN)n2)C1. The first-order chi connectivity index (χ1) is 8.76. The molecular weight excluding hydrogens is 244 g/mol. The Labute approximate surface area is 114 Å². The van der Waals surface area contributed by atoms with E-state index >= 15 is 0 Å². The summed E-state index contributed by atoms with van der Waals surface area (Å²) in [7, 11) is 0. The van der Waals surface area contributed by atoms with Crippen molar-refractivity contribution in [3.63, 3.8) is 0 Å². The van der Waals surface area contributed by atoms with Crippen LogP contribution in [0.2, 0.25) is 0 Å². The second-order valence-electron chi connectivity index (χ2n) is 4.84. The van der Waals surface area contributed by atoms with Crippen molar-refractivity contribution in [2.45, 2.75) is 39.4 Å². The lowest BCUT2D eigenvalue weighted by Gasteiger charge is -2.26. The van der Waals surface area contributed by atoms with Crippen LogP contribution >= 0.6 is 11.3 Å². The lowest BCUT2D eigenvalue weighted by atomic mass is 10.2. The Hall–Kier alpha value is -0.490. The maximum atomic E-state index is 5.60. The molecule has 1 aromatic rings. The van der Waals surface area contributed by atoms with Gasteiger partial charge in [-0.3, -0.25) is 9.80 Å². The number of aromatic nitrogens is 1. The lowest BCUT2D eigenvalue weighted by molar-refractivity contribution is 0.208. The second-order valence-corrected chi connectivity index (χ2v) is 5.78. The summed E-state index contributed by atoms with van der Waals surface area (Å²) in [5.41, 5.74) is 6.78. The number of nitrogens with zero attached hydrogens (tertiary/aromatic N) is 3. The van der Waals surface area contributed by atoms with Crippen LogP contribution < -0.4 is 5.73 Å². The van der Waals surface area contributed by atoms with Crippen LogP contribution in [0, 0.1) is 0 Å².